The number of fused-ring (bicyclic) bond motifs is 1. The van der Waals surface area contributed by atoms with Crippen molar-refractivity contribution in [2.45, 2.75) is 13.0 Å². The highest BCUT2D eigenvalue weighted by Crippen LogP contribution is 2.45. The van der Waals surface area contributed by atoms with Crippen molar-refractivity contribution in [2.24, 2.45) is 0 Å². The van der Waals surface area contributed by atoms with Crippen LogP contribution < -0.4 is 14.4 Å². The van der Waals surface area contributed by atoms with Gasteiger partial charge in [0.25, 0.3) is 5.91 Å². The predicted molar refractivity (Wildman–Crippen MR) is 136 cm³/mol. The Morgan fingerprint density at radius 2 is 1.75 bits per heavy atom. The second-order valence-corrected chi connectivity index (χ2v) is 8.83. The van der Waals surface area contributed by atoms with Crippen molar-refractivity contribution in [3.05, 3.63) is 100.0 Å². The molecule has 7 nitrogen and oxygen atoms in total. The average molecular weight is 504 g/mol. The van der Waals surface area contributed by atoms with Crippen molar-refractivity contribution in [1.82, 2.24) is 0 Å². The summed E-state index contributed by atoms with van der Waals surface area (Å²) >= 11 is 6.18. The Labute approximate surface area is 212 Å². The quantitative estimate of drug-likeness (QED) is 0.315. The SMILES string of the molecule is COc1ccccc1N1C(=O)C(O)=C(C(=O)c2cc3cc(Cl)cc(OC)c3o2)C1c1cccc(C)c1. The third kappa shape index (κ3) is 3.78. The number of hydrogen-bond donors (Lipinski definition) is 1. The Morgan fingerprint density at radius 1 is 1.00 bits per heavy atom. The van der Waals surface area contributed by atoms with Gasteiger partial charge in [0.2, 0.25) is 5.78 Å². The Kier molecular flexibility index (Phi) is 5.94. The number of carbonyl (C=O) groups excluding carboxylic acids is 2. The van der Waals surface area contributed by atoms with Gasteiger partial charge in [0.05, 0.1) is 31.5 Å². The van der Waals surface area contributed by atoms with E-state index in [0.717, 1.165) is 5.56 Å². The highest BCUT2D eigenvalue weighted by molar-refractivity contribution is 6.31. The van der Waals surface area contributed by atoms with Gasteiger partial charge in [0.1, 0.15) is 5.75 Å². The molecule has 5 rings (SSSR count). The molecule has 182 valence electrons. The van der Waals surface area contributed by atoms with Crippen LogP contribution in [-0.4, -0.2) is 31.0 Å². The Morgan fingerprint density at radius 3 is 2.47 bits per heavy atom. The van der Waals surface area contributed by atoms with Crippen LogP contribution in [0.3, 0.4) is 0 Å². The Balaban J connectivity index is 1.69. The molecule has 0 aliphatic carbocycles. The summed E-state index contributed by atoms with van der Waals surface area (Å²) in [6, 6.07) is 18.2. The minimum absolute atomic E-state index is 0.0561. The van der Waals surface area contributed by atoms with Gasteiger partial charge in [0.15, 0.2) is 22.9 Å². The number of ether oxygens (including phenoxy) is 2. The molecule has 0 saturated carbocycles. The number of ketones is 1. The number of aliphatic hydroxyl groups is 1. The number of anilines is 1. The first kappa shape index (κ1) is 23.5. The number of nitrogens with zero attached hydrogens (tertiary/aromatic N) is 1. The van der Waals surface area contributed by atoms with E-state index in [0.29, 0.717) is 38.7 Å². The number of methoxy groups -OCH3 is 2. The molecule has 0 saturated heterocycles. The molecular weight excluding hydrogens is 482 g/mol. The van der Waals surface area contributed by atoms with Crippen LogP contribution in [-0.2, 0) is 4.79 Å². The number of para-hydroxylation sites is 2. The van der Waals surface area contributed by atoms with Gasteiger partial charge in [-0.1, -0.05) is 53.6 Å². The van der Waals surface area contributed by atoms with E-state index in [9.17, 15) is 14.7 Å². The van der Waals surface area contributed by atoms with Crippen molar-refractivity contribution in [3.63, 3.8) is 0 Å². The first-order valence-corrected chi connectivity index (χ1v) is 11.5. The van der Waals surface area contributed by atoms with Gasteiger partial charge in [-0.05, 0) is 36.8 Å². The fourth-order valence-electron chi connectivity index (χ4n) is 4.55. The molecule has 8 heteroatoms. The maximum Gasteiger partial charge on any atom is 0.294 e. The fraction of sp³-hybridized carbons (Fsp3) is 0.143. The molecule has 1 aliphatic heterocycles. The maximum atomic E-state index is 13.9. The molecule has 2 heterocycles. The van der Waals surface area contributed by atoms with Gasteiger partial charge < -0.3 is 19.0 Å². The highest BCUT2D eigenvalue weighted by atomic mass is 35.5. The zero-order valence-corrected chi connectivity index (χ0v) is 20.5. The summed E-state index contributed by atoms with van der Waals surface area (Å²) in [5, 5.41) is 12.0. The average Bonchev–Trinajstić information content (AvgIpc) is 3.42. The molecule has 1 N–H and O–H groups in total. The van der Waals surface area contributed by atoms with Crippen LogP contribution in [0.2, 0.25) is 5.02 Å². The monoisotopic (exact) mass is 503 g/mol. The van der Waals surface area contributed by atoms with Gasteiger partial charge in [-0.25, -0.2) is 0 Å². The second kappa shape index (κ2) is 9.09. The first-order chi connectivity index (χ1) is 17.3. The summed E-state index contributed by atoms with van der Waals surface area (Å²) in [7, 11) is 2.96. The fourth-order valence-corrected chi connectivity index (χ4v) is 4.77. The first-order valence-electron chi connectivity index (χ1n) is 11.1. The summed E-state index contributed by atoms with van der Waals surface area (Å²) in [6.45, 7) is 1.91. The molecule has 0 bridgehead atoms. The number of amides is 1. The number of furan rings is 1. The van der Waals surface area contributed by atoms with Crippen molar-refractivity contribution < 1.29 is 28.6 Å². The van der Waals surface area contributed by atoms with E-state index < -0.39 is 23.5 Å². The van der Waals surface area contributed by atoms with E-state index in [1.807, 2.05) is 25.1 Å². The van der Waals surface area contributed by atoms with E-state index in [-0.39, 0.29) is 11.3 Å². The molecule has 36 heavy (non-hydrogen) atoms. The highest BCUT2D eigenvalue weighted by Gasteiger charge is 2.46. The maximum absolute atomic E-state index is 13.9. The number of Topliss-reactive ketones (excluding diaryl/α,β-unsaturated/α-hetero) is 1. The van der Waals surface area contributed by atoms with Crippen LogP contribution in [0.1, 0.15) is 27.7 Å². The second-order valence-electron chi connectivity index (χ2n) is 8.39. The topological polar surface area (TPSA) is 89.2 Å². The summed E-state index contributed by atoms with van der Waals surface area (Å²) in [6.07, 6.45) is 0. The molecule has 1 atom stereocenters. The third-order valence-electron chi connectivity index (χ3n) is 6.15. The molecule has 0 radical (unpaired) electrons. The van der Waals surface area contributed by atoms with Crippen molar-refractivity contribution in [3.8, 4) is 11.5 Å². The molecule has 3 aromatic carbocycles. The van der Waals surface area contributed by atoms with Crippen LogP contribution in [0.25, 0.3) is 11.0 Å². The van der Waals surface area contributed by atoms with E-state index in [1.165, 1.54) is 25.2 Å². The van der Waals surface area contributed by atoms with E-state index in [2.05, 4.69) is 0 Å². The van der Waals surface area contributed by atoms with E-state index in [4.69, 9.17) is 25.5 Å². The largest absolute Gasteiger partial charge is 0.503 e. The van der Waals surface area contributed by atoms with Crippen LogP contribution in [0.5, 0.6) is 11.5 Å². The lowest BCUT2D eigenvalue weighted by atomic mass is 9.93. The smallest absolute Gasteiger partial charge is 0.294 e. The zero-order valence-electron chi connectivity index (χ0n) is 19.7. The molecular formula is C28H22ClNO6. The van der Waals surface area contributed by atoms with Gasteiger partial charge >= 0.3 is 0 Å². The number of carbonyl (C=O) groups is 2. The lowest BCUT2D eigenvalue weighted by Gasteiger charge is -2.28. The van der Waals surface area contributed by atoms with Crippen molar-refractivity contribution in [1.29, 1.82) is 0 Å². The van der Waals surface area contributed by atoms with Crippen LogP contribution in [0.4, 0.5) is 5.69 Å². The number of rotatable bonds is 6. The van der Waals surface area contributed by atoms with Crippen molar-refractivity contribution >= 4 is 39.9 Å². The standard InChI is InChI=1S/C28H22ClNO6/c1-15-7-6-8-16(11-15)24-23(26(32)28(33)30(24)19-9-4-5-10-20(19)34-2)25(31)21-13-17-12-18(29)14-22(35-3)27(17)36-21/h4-14,24,32H,1-3H3. The molecule has 1 aliphatic rings. The lowest BCUT2D eigenvalue weighted by molar-refractivity contribution is -0.117. The van der Waals surface area contributed by atoms with Crippen molar-refractivity contribution in [2.75, 3.05) is 19.1 Å². The number of aryl methyl sites for hydroxylation is 1. The number of hydrogen-bond acceptors (Lipinski definition) is 6. The Hall–Kier alpha value is -4.23. The van der Waals surface area contributed by atoms with Crippen LogP contribution in [0.15, 0.2) is 82.5 Å². The minimum atomic E-state index is -0.917. The molecule has 0 fully saturated rings. The van der Waals surface area contributed by atoms with Crippen LogP contribution in [0, 0.1) is 6.92 Å². The van der Waals surface area contributed by atoms with Gasteiger partial charge in [0, 0.05) is 16.5 Å². The summed E-state index contributed by atoms with van der Waals surface area (Å²) in [4.78, 5) is 28.7. The number of halogens is 1. The molecule has 0 spiro atoms. The molecule has 1 unspecified atom stereocenters. The van der Waals surface area contributed by atoms with E-state index in [1.54, 1.807) is 42.5 Å². The summed E-state index contributed by atoms with van der Waals surface area (Å²) in [5.41, 5.74) is 2.24. The molecule has 4 aromatic rings. The number of benzene rings is 3. The molecule has 1 aromatic heterocycles. The summed E-state index contributed by atoms with van der Waals surface area (Å²) < 4.78 is 16.7. The normalized spacial score (nSPS) is 15.6. The number of aliphatic hydroxyl groups excluding tert-OH is 1. The molecule has 1 amide bonds. The van der Waals surface area contributed by atoms with Gasteiger partial charge in [-0.2, -0.15) is 0 Å². The Bertz CT molecular complexity index is 1550. The predicted octanol–water partition coefficient (Wildman–Crippen LogP) is 6.19. The zero-order chi connectivity index (χ0) is 25.6. The van der Waals surface area contributed by atoms with Gasteiger partial charge in [-0.3, -0.25) is 14.5 Å². The third-order valence-corrected chi connectivity index (χ3v) is 6.36. The van der Waals surface area contributed by atoms with Crippen LogP contribution >= 0.6 is 11.6 Å². The summed E-state index contributed by atoms with van der Waals surface area (Å²) in [5.74, 6) is -1.26. The minimum Gasteiger partial charge on any atom is -0.503 e. The van der Waals surface area contributed by atoms with Gasteiger partial charge in [-0.15, -0.1) is 0 Å². The van der Waals surface area contributed by atoms with E-state index >= 15 is 0 Å². The lowest BCUT2D eigenvalue weighted by Crippen LogP contribution is -2.31.